The summed E-state index contributed by atoms with van der Waals surface area (Å²) in [6.07, 6.45) is 1.00. The SMILES string of the molecule is CC(=O)C1CC1c1cc(C)nc2ccccc12. The smallest absolute Gasteiger partial charge is 0.133 e. The lowest BCUT2D eigenvalue weighted by Gasteiger charge is -2.06. The van der Waals surface area contributed by atoms with E-state index in [0.29, 0.717) is 11.7 Å². The van der Waals surface area contributed by atoms with Gasteiger partial charge in [0.1, 0.15) is 5.78 Å². The topological polar surface area (TPSA) is 30.0 Å². The highest BCUT2D eigenvalue weighted by Gasteiger charge is 2.42. The van der Waals surface area contributed by atoms with Gasteiger partial charge < -0.3 is 0 Å². The molecule has 0 amide bonds. The van der Waals surface area contributed by atoms with Crippen molar-refractivity contribution in [1.82, 2.24) is 4.98 Å². The van der Waals surface area contributed by atoms with Crippen molar-refractivity contribution < 1.29 is 4.79 Å². The highest BCUT2D eigenvalue weighted by molar-refractivity contribution is 5.87. The summed E-state index contributed by atoms with van der Waals surface area (Å²) < 4.78 is 0. The molecule has 2 unspecified atom stereocenters. The second-order valence-electron chi connectivity index (χ2n) is 4.93. The molecule has 1 heterocycles. The Morgan fingerprint density at radius 1 is 1.35 bits per heavy atom. The molecule has 0 aliphatic heterocycles. The molecule has 1 saturated carbocycles. The van der Waals surface area contributed by atoms with E-state index in [2.05, 4.69) is 17.1 Å². The summed E-state index contributed by atoms with van der Waals surface area (Å²) >= 11 is 0. The third-order valence-electron chi connectivity index (χ3n) is 3.59. The fourth-order valence-corrected chi connectivity index (χ4v) is 2.64. The maximum atomic E-state index is 11.4. The summed E-state index contributed by atoms with van der Waals surface area (Å²) in [5.41, 5.74) is 3.37. The largest absolute Gasteiger partial charge is 0.300 e. The summed E-state index contributed by atoms with van der Waals surface area (Å²) in [7, 11) is 0. The number of pyridine rings is 1. The summed E-state index contributed by atoms with van der Waals surface area (Å²) in [4.78, 5) is 15.9. The van der Waals surface area contributed by atoms with Crippen LogP contribution in [0.15, 0.2) is 30.3 Å². The van der Waals surface area contributed by atoms with Gasteiger partial charge in [0.05, 0.1) is 5.52 Å². The Morgan fingerprint density at radius 3 is 2.82 bits per heavy atom. The predicted octanol–water partition coefficient (Wildman–Crippen LogP) is 3.24. The molecule has 1 aliphatic carbocycles. The van der Waals surface area contributed by atoms with E-state index in [9.17, 15) is 4.79 Å². The Kier molecular flexibility index (Phi) is 2.25. The van der Waals surface area contributed by atoms with Crippen molar-refractivity contribution in [3.63, 3.8) is 0 Å². The van der Waals surface area contributed by atoms with Crippen molar-refractivity contribution in [2.24, 2.45) is 5.92 Å². The molecule has 0 bridgehead atoms. The first-order chi connectivity index (χ1) is 8.16. The molecule has 2 heteroatoms. The van der Waals surface area contributed by atoms with Crippen molar-refractivity contribution in [1.29, 1.82) is 0 Å². The first-order valence-corrected chi connectivity index (χ1v) is 6.03. The number of ketones is 1. The van der Waals surface area contributed by atoms with E-state index in [4.69, 9.17) is 0 Å². The first-order valence-electron chi connectivity index (χ1n) is 6.03. The lowest BCUT2D eigenvalue weighted by atomic mass is 10.0. The Balaban J connectivity index is 2.13. The quantitative estimate of drug-likeness (QED) is 0.785. The number of Topliss-reactive ketones (excluding diaryl/α,β-unsaturated/α-hetero) is 1. The van der Waals surface area contributed by atoms with E-state index in [1.54, 1.807) is 6.92 Å². The molecule has 1 aromatic heterocycles. The van der Waals surface area contributed by atoms with Crippen molar-refractivity contribution in [2.75, 3.05) is 0 Å². The molecule has 3 rings (SSSR count). The van der Waals surface area contributed by atoms with Gasteiger partial charge >= 0.3 is 0 Å². The van der Waals surface area contributed by atoms with Crippen LogP contribution in [-0.2, 0) is 4.79 Å². The van der Waals surface area contributed by atoms with Gasteiger partial charge in [0, 0.05) is 17.0 Å². The number of carbonyl (C=O) groups is 1. The van der Waals surface area contributed by atoms with E-state index in [1.807, 2.05) is 25.1 Å². The molecule has 2 atom stereocenters. The average molecular weight is 225 g/mol. The van der Waals surface area contributed by atoms with Crippen LogP contribution in [0.4, 0.5) is 0 Å². The number of nitrogens with zero attached hydrogens (tertiary/aromatic N) is 1. The normalized spacial score (nSPS) is 22.7. The van der Waals surface area contributed by atoms with Crippen LogP contribution in [0.1, 0.15) is 30.5 Å². The van der Waals surface area contributed by atoms with Gasteiger partial charge in [-0.05, 0) is 43.9 Å². The minimum Gasteiger partial charge on any atom is -0.300 e. The zero-order chi connectivity index (χ0) is 12.0. The molecule has 0 N–H and O–H groups in total. The second kappa shape index (κ2) is 3.66. The van der Waals surface area contributed by atoms with Gasteiger partial charge in [0.15, 0.2) is 0 Å². The lowest BCUT2D eigenvalue weighted by Crippen LogP contribution is -1.97. The fourth-order valence-electron chi connectivity index (χ4n) is 2.64. The van der Waals surface area contributed by atoms with Gasteiger partial charge in [-0.3, -0.25) is 9.78 Å². The van der Waals surface area contributed by atoms with Crippen molar-refractivity contribution in [3.8, 4) is 0 Å². The molecule has 1 aliphatic rings. The summed E-state index contributed by atoms with van der Waals surface area (Å²) in [6.45, 7) is 3.71. The van der Waals surface area contributed by atoms with Gasteiger partial charge in [-0.1, -0.05) is 18.2 Å². The summed E-state index contributed by atoms with van der Waals surface area (Å²) in [5.74, 6) is 0.966. The third kappa shape index (κ3) is 1.74. The van der Waals surface area contributed by atoms with E-state index >= 15 is 0 Å². The van der Waals surface area contributed by atoms with Crippen LogP contribution >= 0.6 is 0 Å². The standard InChI is InChI=1S/C15H15NO/c1-9-7-13(14-8-12(14)10(2)17)11-5-3-4-6-15(11)16-9/h3-7,12,14H,8H2,1-2H3. The Labute approximate surface area is 101 Å². The maximum Gasteiger partial charge on any atom is 0.133 e. The molecule has 2 aromatic rings. The number of rotatable bonds is 2. The van der Waals surface area contributed by atoms with Crippen LogP contribution in [0.5, 0.6) is 0 Å². The molecule has 86 valence electrons. The number of benzene rings is 1. The van der Waals surface area contributed by atoms with Gasteiger partial charge in [0.25, 0.3) is 0 Å². The Morgan fingerprint density at radius 2 is 2.12 bits per heavy atom. The van der Waals surface area contributed by atoms with Crippen molar-refractivity contribution >= 4 is 16.7 Å². The molecule has 2 nitrogen and oxygen atoms in total. The van der Waals surface area contributed by atoms with Crippen LogP contribution in [-0.4, -0.2) is 10.8 Å². The number of para-hydroxylation sites is 1. The van der Waals surface area contributed by atoms with Crippen LogP contribution in [0.2, 0.25) is 0 Å². The van der Waals surface area contributed by atoms with Crippen molar-refractivity contribution in [3.05, 3.63) is 41.6 Å². The molecule has 1 aromatic carbocycles. The van der Waals surface area contributed by atoms with Gasteiger partial charge in [-0.15, -0.1) is 0 Å². The van der Waals surface area contributed by atoms with E-state index in [-0.39, 0.29) is 5.92 Å². The van der Waals surface area contributed by atoms with Crippen LogP contribution < -0.4 is 0 Å². The van der Waals surface area contributed by atoms with E-state index in [1.165, 1.54) is 10.9 Å². The minimum absolute atomic E-state index is 0.236. The van der Waals surface area contributed by atoms with Gasteiger partial charge in [-0.2, -0.15) is 0 Å². The lowest BCUT2D eigenvalue weighted by molar-refractivity contribution is -0.118. The molecular weight excluding hydrogens is 210 g/mol. The second-order valence-corrected chi connectivity index (χ2v) is 4.93. The first kappa shape index (κ1) is 10.5. The predicted molar refractivity (Wildman–Crippen MR) is 68.0 cm³/mol. The number of aromatic nitrogens is 1. The number of fused-ring (bicyclic) bond motifs is 1. The highest BCUT2D eigenvalue weighted by atomic mass is 16.1. The number of aryl methyl sites for hydroxylation is 1. The molecule has 17 heavy (non-hydrogen) atoms. The van der Waals surface area contributed by atoms with Crippen LogP contribution in [0.3, 0.4) is 0 Å². The van der Waals surface area contributed by atoms with Crippen molar-refractivity contribution in [2.45, 2.75) is 26.2 Å². The van der Waals surface area contributed by atoms with Gasteiger partial charge in [-0.25, -0.2) is 0 Å². The van der Waals surface area contributed by atoms with Gasteiger partial charge in [0.2, 0.25) is 0 Å². The minimum atomic E-state index is 0.236. The average Bonchev–Trinajstić information content (AvgIpc) is 3.07. The molecule has 0 saturated heterocycles. The van der Waals surface area contributed by atoms with E-state index < -0.39 is 0 Å². The van der Waals surface area contributed by atoms with Crippen LogP contribution in [0.25, 0.3) is 10.9 Å². The van der Waals surface area contributed by atoms with E-state index in [0.717, 1.165) is 17.6 Å². The number of carbonyl (C=O) groups excluding carboxylic acids is 1. The fraction of sp³-hybridized carbons (Fsp3) is 0.333. The maximum absolute atomic E-state index is 11.4. The Hall–Kier alpha value is -1.70. The highest BCUT2D eigenvalue weighted by Crippen LogP contribution is 2.49. The van der Waals surface area contributed by atoms with Crippen LogP contribution in [0, 0.1) is 12.8 Å². The molecule has 0 spiro atoms. The summed E-state index contributed by atoms with van der Waals surface area (Å²) in [5, 5.41) is 1.20. The Bertz CT molecular complexity index is 603. The summed E-state index contributed by atoms with van der Waals surface area (Å²) in [6, 6.07) is 10.3. The zero-order valence-electron chi connectivity index (χ0n) is 10.1. The number of hydrogen-bond donors (Lipinski definition) is 0. The molecule has 1 fully saturated rings. The zero-order valence-corrected chi connectivity index (χ0v) is 10.1. The number of hydrogen-bond acceptors (Lipinski definition) is 2. The molecule has 0 radical (unpaired) electrons. The third-order valence-corrected chi connectivity index (χ3v) is 3.59. The molecular formula is C15H15NO. The monoisotopic (exact) mass is 225 g/mol.